The molecule has 1 rings (SSSR count). The van der Waals surface area contributed by atoms with E-state index in [1.54, 1.807) is 11.9 Å². The summed E-state index contributed by atoms with van der Waals surface area (Å²) in [5, 5.41) is 10.2. The number of hydrogen-bond donors (Lipinski definition) is 2. The Kier molecular flexibility index (Phi) is 4.71. The molecule has 0 radical (unpaired) electrons. The number of aromatic nitrogens is 2. The van der Waals surface area contributed by atoms with Crippen LogP contribution in [0.25, 0.3) is 0 Å². The van der Waals surface area contributed by atoms with Gasteiger partial charge in [-0.05, 0) is 6.92 Å². The van der Waals surface area contributed by atoms with Gasteiger partial charge >= 0.3 is 6.01 Å². The highest BCUT2D eigenvalue weighted by atomic mass is 16.4. The summed E-state index contributed by atoms with van der Waals surface area (Å²) in [7, 11) is 1.59. The van der Waals surface area contributed by atoms with Gasteiger partial charge in [-0.15, -0.1) is 5.10 Å². The molecule has 0 aromatic carbocycles. The van der Waals surface area contributed by atoms with Gasteiger partial charge in [0.1, 0.15) is 6.54 Å². The molecule has 3 N–H and O–H groups in total. The highest BCUT2D eigenvalue weighted by molar-refractivity contribution is 5.80. The molecule has 0 spiro atoms. The van der Waals surface area contributed by atoms with Gasteiger partial charge in [0.15, 0.2) is 0 Å². The number of hydrogen-bond acceptors (Lipinski definition) is 6. The first-order valence-corrected chi connectivity index (χ1v) is 5.19. The quantitative estimate of drug-likeness (QED) is 0.656. The van der Waals surface area contributed by atoms with Crippen LogP contribution in [0.15, 0.2) is 4.42 Å². The number of carbonyl (C=O) groups excluding carboxylic acids is 1. The number of nitrogens with two attached hydrogens (primary N) is 1. The summed E-state index contributed by atoms with van der Waals surface area (Å²) >= 11 is 0. The highest BCUT2D eigenvalue weighted by Gasteiger charge is 2.15. The van der Waals surface area contributed by atoms with Crippen molar-refractivity contribution in [3.63, 3.8) is 0 Å². The summed E-state index contributed by atoms with van der Waals surface area (Å²) in [4.78, 5) is 12.9. The van der Waals surface area contributed by atoms with Crippen molar-refractivity contribution in [3.05, 3.63) is 5.89 Å². The predicted octanol–water partition coefficient (Wildman–Crippen LogP) is -0.857. The Balaban J connectivity index is 2.67. The zero-order chi connectivity index (χ0) is 12.0. The lowest BCUT2D eigenvalue weighted by atomic mass is 10.4. The lowest BCUT2D eigenvalue weighted by Crippen LogP contribution is -2.35. The van der Waals surface area contributed by atoms with E-state index in [1.165, 1.54) is 0 Å². The Labute approximate surface area is 94.0 Å². The zero-order valence-corrected chi connectivity index (χ0v) is 9.56. The number of carbonyl (C=O) groups is 1. The maximum Gasteiger partial charge on any atom is 0.318 e. The van der Waals surface area contributed by atoms with E-state index in [4.69, 9.17) is 10.2 Å². The first kappa shape index (κ1) is 12.4. The van der Waals surface area contributed by atoms with Crippen molar-refractivity contribution in [1.29, 1.82) is 0 Å². The van der Waals surface area contributed by atoms with Gasteiger partial charge in [-0.25, -0.2) is 0 Å². The van der Waals surface area contributed by atoms with Crippen LogP contribution in [-0.4, -0.2) is 42.8 Å². The Bertz CT molecular complexity index is 338. The molecule has 90 valence electrons. The molecule has 0 bridgehead atoms. The second-order valence-corrected chi connectivity index (χ2v) is 3.20. The molecule has 0 fully saturated rings. The largest absolute Gasteiger partial charge is 0.408 e. The van der Waals surface area contributed by atoms with Gasteiger partial charge in [0, 0.05) is 26.6 Å². The molecule has 0 aliphatic rings. The van der Waals surface area contributed by atoms with Crippen molar-refractivity contribution < 1.29 is 9.21 Å². The molecule has 1 aromatic rings. The lowest BCUT2D eigenvalue weighted by Gasteiger charge is -2.16. The predicted molar refractivity (Wildman–Crippen MR) is 59.0 cm³/mol. The fraction of sp³-hybridized carbons (Fsp3) is 0.667. The van der Waals surface area contributed by atoms with E-state index >= 15 is 0 Å². The van der Waals surface area contributed by atoms with Crippen molar-refractivity contribution in [1.82, 2.24) is 15.5 Å². The second-order valence-electron chi connectivity index (χ2n) is 3.20. The number of anilines is 1. The molecule has 0 unspecified atom stereocenters. The topological polar surface area (TPSA) is 97.3 Å². The molecular formula is C9H17N5O2. The Morgan fingerprint density at radius 3 is 2.88 bits per heavy atom. The number of nitrogens with zero attached hydrogens (tertiary/aromatic N) is 3. The van der Waals surface area contributed by atoms with Crippen molar-refractivity contribution in [2.75, 3.05) is 31.6 Å². The van der Waals surface area contributed by atoms with Crippen LogP contribution >= 0.6 is 0 Å². The van der Waals surface area contributed by atoms with Crippen molar-refractivity contribution in [3.8, 4) is 0 Å². The smallest absolute Gasteiger partial charge is 0.318 e. The van der Waals surface area contributed by atoms with Crippen molar-refractivity contribution in [2.45, 2.75) is 13.3 Å². The van der Waals surface area contributed by atoms with E-state index < -0.39 is 0 Å². The molecular weight excluding hydrogens is 210 g/mol. The maximum atomic E-state index is 11.2. The SMILES string of the molecule is CCN(CC(=O)NC)c1nnc(CCN)o1. The minimum atomic E-state index is -0.0968. The van der Waals surface area contributed by atoms with Gasteiger partial charge in [0.05, 0.1) is 0 Å². The third kappa shape index (κ3) is 3.20. The van der Waals surface area contributed by atoms with Gasteiger partial charge in [0.2, 0.25) is 11.8 Å². The normalized spacial score (nSPS) is 10.2. The van der Waals surface area contributed by atoms with Crippen LogP contribution in [0.1, 0.15) is 12.8 Å². The third-order valence-corrected chi connectivity index (χ3v) is 2.08. The fourth-order valence-corrected chi connectivity index (χ4v) is 1.16. The Hall–Kier alpha value is -1.63. The van der Waals surface area contributed by atoms with Crippen molar-refractivity contribution >= 4 is 11.9 Å². The van der Waals surface area contributed by atoms with Crippen molar-refractivity contribution in [2.24, 2.45) is 5.73 Å². The molecule has 1 amide bonds. The zero-order valence-electron chi connectivity index (χ0n) is 9.56. The van der Waals surface area contributed by atoms with Gasteiger partial charge in [-0.3, -0.25) is 4.79 Å². The van der Waals surface area contributed by atoms with Crippen LogP contribution in [-0.2, 0) is 11.2 Å². The lowest BCUT2D eigenvalue weighted by molar-refractivity contribution is -0.119. The van der Waals surface area contributed by atoms with Crippen LogP contribution in [0.5, 0.6) is 0 Å². The summed E-state index contributed by atoms with van der Waals surface area (Å²) < 4.78 is 5.37. The molecule has 0 saturated carbocycles. The number of amides is 1. The van der Waals surface area contributed by atoms with Gasteiger partial charge in [-0.2, -0.15) is 0 Å². The van der Waals surface area contributed by atoms with Gasteiger partial charge in [-0.1, -0.05) is 5.10 Å². The van der Waals surface area contributed by atoms with Gasteiger partial charge in [0.25, 0.3) is 0 Å². The maximum absolute atomic E-state index is 11.2. The summed E-state index contributed by atoms with van der Waals surface area (Å²) in [5.41, 5.74) is 5.38. The average Bonchev–Trinajstić information content (AvgIpc) is 2.74. The average molecular weight is 227 g/mol. The standard InChI is InChI=1S/C9H17N5O2/c1-3-14(6-7(15)11-2)9-13-12-8(16-9)4-5-10/h3-6,10H2,1-2H3,(H,11,15). The summed E-state index contributed by atoms with van der Waals surface area (Å²) in [6.07, 6.45) is 0.546. The first-order chi connectivity index (χ1) is 7.71. The first-order valence-electron chi connectivity index (χ1n) is 5.19. The highest BCUT2D eigenvalue weighted by Crippen LogP contribution is 2.11. The molecule has 0 aliphatic heterocycles. The van der Waals surface area contributed by atoms with Crippen LogP contribution < -0.4 is 16.0 Å². The fourth-order valence-electron chi connectivity index (χ4n) is 1.16. The molecule has 0 aliphatic carbocycles. The minimum Gasteiger partial charge on any atom is -0.408 e. The van der Waals surface area contributed by atoms with Crippen LogP contribution in [0.3, 0.4) is 0 Å². The number of rotatable bonds is 6. The molecule has 0 atom stereocenters. The third-order valence-electron chi connectivity index (χ3n) is 2.08. The van der Waals surface area contributed by atoms with E-state index in [0.29, 0.717) is 31.4 Å². The van der Waals surface area contributed by atoms with Crippen LogP contribution in [0.2, 0.25) is 0 Å². The number of nitrogens with one attached hydrogen (secondary N) is 1. The van der Waals surface area contributed by atoms with Gasteiger partial charge < -0.3 is 20.4 Å². The van der Waals surface area contributed by atoms with Crippen LogP contribution in [0, 0.1) is 0 Å². The molecule has 1 heterocycles. The van der Waals surface area contributed by atoms with E-state index in [2.05, 4.69) is 15.5 Å². The molecule has 7 nitrogen and oxygen atoms in total. The number of likely N-dealkylation sites (N-methyl/N-ethyl adjacent to an activating group) is 2. The van der Waals surface area contributed by atoms with E-state index in [1.807, 2.05) is 6.92 Å². The molecule has 0 saturated heterocycles. The Morgan fingerprint density at radius 2 is 2.31 bits per heavy atom. The molecule has 1 aromatic heterocycles. The molecule has 7 heteroatoms. The summed E-state index contributed by atoms with van der Waals surface area (Å²) in [5.74, 6) is 0.397. The van der Waals surface area contributed by atoms with E-state index in [-0.39, 0.29) is 12.5 Å². The summed E-state index contributed by atoms with van der Waals surface area (Å²) in [6.45, 7) is 3.20. The van der Waals surface area contributed by atoms with E-state index in [0.717, 1.165) is 0 Å². The second kappa shape index (κ2) is 6.06. The summed E-state index contributed by atoms with van der Waals surface area (Å²) in [6, 6.07) is 0.356. The van der Waals surface area contributed by atoms with E-state index in [9.17, 15) is 4.79 Å². The molecule has 16 heavy (non-hydrogen) atoms. The monoisotopic (exact) mass is 227 g/mol. The minimum absolute atomic E-state index is 0.0968. The van der Waals surface area contributed by atoms with Crippen LogP contribution in [0.4, 0.5) is 6.01 Å². The Morgan fingerprint density at radius 1 is 1.56 bits per heavy atom.